The number of aliphatic hydroxyl groups excluding tert-OH is 1. The fourth-order valence-corrected chi connectivity index (χ4v) is 4.45. The van der Waals surface area contributed by atoms with Crippen molar-refractivity contribution in [3.63, 3.8) is 0 Å². The van der Waals surface area contributed by atoms with E-state index in [-0.39, 0.29) is 24.6 Å². The van der Waals surface area contributed by atoms with Crippen LogP contribution in [-0.2, 0) is 4.74 Å². The fraction of sp³-hybridized carbons (Fsp3) is 0.429. The molecule has 1 fully saturated rings. The Morgan fingerprint density at radius 2 is 1.95 bits per heavy atom. The Morgan fingerprint density at radius 3 is 2.56 bits per heavy atom. The number of benzene rings is 2. The first-order chi connectivity index (χ1) is 18.8. The molecule has 0 radical (unpaired) electrons. The van der Waals surface area contributed by atoms with Crippen molar-refractivity contribution in [1.29, 1.82) is 0 Å². The Hall–Kier alpha value is -3.54. The molecule has 1 saturated heterocycles. The van der Waals surface area contributed by atoms with Crippen LogP contribution < -0.4 is 15.4 Å². The Labute approximate surface area is 227 Å². The van der Waals surface area contributed by atoms with Crippen LogP contribution in [-0.4, -0.2) is 78.9 Å². The van der Waals surface area contributed by atoms with E-state index in [2.05, 4.69) is 20.6 Å². The van der Waals surface area contributed by atoms with E-state index in [0.717, 1.165) is 36.3 Å². The summed E-state index contributed by atoms with van der Waals surface area (Å²) in [5.74, 6) is -0.319. The predicted octanol–water partition coefficient (Wildman–Crippen LogP) is 4.09. The molecule has 0 spiro atoms. The largest absolute Gasteiger partial charge is 0.477 e. The normalized spacial score (nSPS) is 15.8. The predicted molar refractivity (Wildman–Crippen MR) is 146 cm³/mol. The van der Waals surface area contributed by atoms with Crippen molar-refractivity contribution in [2.45, 2.75) is 32.2 Å². The van der Waals surface area contributed by atoms with Crippen LogP contribution in [0.4, 0.5) is 19.4 Å². The molecular formula is C28H37F2N5O4. The lowest BCUT2D eigenvalue weighted by Gasteiger charge is -2.25. The van der Waals surface area contributed by atoms with Gasteiger partial charge in [0.05, 0.1) is 37.1 Å². The van der Waals surface area contributed by atoms with E-state index in [4.69, 9.17) is 9.47 Å². The van der Waals surface area contributed by atoms with Gasteiger partial charge in [0.25, 0.3) is 0 Å². The third-order valence-corrected chi connectivity index (χ3v) is 6.54. The van der Waals surface area contributed by atoms with Gasteiger partial charge in [0.1, 0.15) is 5.82 Å². The highest BCUT2D eigenvalue weighted by molar-refractivity contribution is 5.89. The maximum absolute atomic E-state index is 13.2. The first kappa shape index (κ1) is 30.0. The van der Waals surface area contributed by atoms with Gasteiger partial charge in [-0.1, -0.05) is 24.3 Å². The molecule has 3 aromatic rings. The maximum Gasteiger partial charge on any atom is 0.320 e. The number of urea groups is 1. The minimum atomic E-state index is -0.814. The zero-order valence-corrected chi connectivity index (χ0v) is 22.8. The van der Waals surface area contributed by atoms with E-state index in [0.29, 0.717) is 24.9 Å². The third-order valence-electron chi connectivity index (χ3n) is 6.54. The lowest BCUT2D eigenvalue weighted by molar-refractivity contribution is 0.0649. The minimum Gasteiger partial charge on any atom is -0.477 e. The summed E-state index contributed by atoms with van der Waals surface area (Å²) in [6.45, 7) is 6.36. The summed E-state index contributed by atoms with van der Waals surface area (Å²) in [7, 11) is 3.17. The molecule has 0 saturated carbocycles. The van der Waals surface area contributed by atoms with Crippen LogP contribution in [0.1, 0.15) is 30.4 Å². The van der Waals surface area contributed by atoms with Gasteiger partial charge in [-0.15, -0.1) is 5.10 Å². The van der Waals surface area contributed by atoms with Gasteiger partial charge in [0, 0.05) is 20.7 Å². The molecule has 4 rings (SSSR count). The number of rotatable bonds is 9. The van der Waals surface area contributed by atoms with Gasteiger partial charge in [0.2, 0.25) is 5.88 Å². The fourth-order valence-electron chi connectivity index (χ4n) is 4.45. The molecule has 1 aliphatic heterocycles. The average molecular weight is 546 g/mol. The number of aliphatic hydroxyl groups is 1. The molecule has 0 aliphatic carbocycles. The summed E-state index contributed by atoms with van der Waals surface area (Å²) >= 11 is 0. The van der Waals surface area contributed by atoms with Gasteiger partial charge in [-0.3, -0.25) is 10.2 Å². The lowest BCUT2D eigenvalue weighted by Crippen LogP contribution is -2.39. The van der Waals surface area contributed by atoms with Gasteiger partial charge < -0.3 is 19.9 Å². The summed E-state index contributed by atoms with van der Waals surface area (Å²) < 4.78 is 38.4. The Kier molecular flexibility index (Phi) is 11.2. The van der Waals surface area contributed by atoms with Crippen molar-refractivity contribution in [2.75, 3.05) is 52.4 Å². The molecule has 0 bridgehead atoms. The number of likely N-dealkylation sites (tertiary alicyclic amines) is 1. The highest BCUT2D eigenvalue weighted by Crippen LogP contribution is 2.30. The van der Waals surface area contributed by atoms with Crippen molar-refractivity contribution >= 4 is 11.8 Å². The van der Waals surface area contributed by atoms with Crippen LogP contribution in [0.5, 0.6) is 5.88 Å². The molecule has 9 nitrogen and oxygen atoms in total. The van der Waals surface area contributed by atoms with E-state index in [1.807, 2.05) is 44.2 Å². The molecule has 2 unspecified atom stereocenters. The zero-order chi connectivity index (χ0) is 28.4. The topological polar surface area (TPSA) is 101 Å². The number of ether oxygens (including phenoxy) is 2. The molecule has 2 amide bonds. The third kappa shape index (κ3) is 7.75. The minimum absolute atomic E-state index is 0.0275. The molecule has 2 aromatic carbocycles. The van der Waals surface area contributed by atoms with Gasteiger partial charge in [-0.2, -0.15) is 0 Å². The Morgan fingerprint density at radius 1 is 1.21 bits per heavy atom. The van der Waals surface area contributed by atoms with Gasteiger partial charge in [-0.25, -0.2) is 18.3 Å². The molecule has 39 heavy (non-hydrogen) atoms. The second-order valence-corrected chi connectivity index (χ2v) is 9.11. The second-order valence-electron chi connectivity index (χ2n) is 9.11. The lowest BCUT2D eigenvalue weighted by atomic mass is 9.98. The number of carbonyl (C=O) groups is 1. The summed E-state index contributed by atoms with van der Waals surface area (Å²) in [5, 5.41) is 19.0. The van der Waals surface area contributed by atoms with Gasteiger partial charge in [0.15, 0.2) is 11.6 Å². The Balaban J connectivity index is 0.000000216. The average Bonchev–Trinajstić information content (AvgIpc) is 3.55. The van der Waals surface area contributed by atoms with Crippen molar-refractivity contribution in [3.8, 4) is 11.6 Å². The number of hydrogen-bond donors (Lipinski definition) is 3. The van der Waals surface area contributed by atoms with E-state index >= 15 is 0 Å². The van der Waals surface area contributed by atoms with Gasteiger partial charge >= 0.3 is 6.03 Å². The van der Waals surface area contributed by atoms with Crippen LogP contribution >= 0.6 is 0 Å². The molecule has 2 heterocycles. The van der Waals surface area contributed by atoms with Crippen LogP contribution in [0, 0.1) is 18.6 Å². The number of para-hydroxylation sites is 1. The van der Waals surface area contributed by atoms with Crippen molar-refractivity contribution in [1.82, 2.24) is 20.0 Å². The standard InChI is InChI=1S/C14H19F2NO2.C14H18N4O2/c1-19-9-12(8-18)17-5-4-11(7-17)10-2-3-13(15)14(16)6-10;1-4-20-13-10(2)12(16-14(19)15-3)18(17-13)11-8-6-5-7-9-11/h2-3,6,11-12,18H,4-5,7-9H2,1H3;5-9H,4H2,1-3H3,(H2,15,16,19). The molecule has 212 valence electrons. The molecule has 2 atom stereocenters. The molecule has 3 N–H and O–H groups in total. The monoisotopic (exact) mass is 545 g/mol. The number of aromatic nitrogens is 2. The van der Waals surface area contributed by atoms with Crippen LogP contribution in [0.15, 0.2) is 48.5 Å². The number of amides is 2. The number of anilines is 1. The number of carbonyl (C=O) groups excluding carboxylic acids is 1. The maximum atomic E-state index is 13.2. The highest BCUT2D eigenvalue weighted by atomic mass is 19.2. The van der Waals surface area contributed by atoms with E-state index in [9.17, 15) is 18.7 Å². The number of halogens is 2. The summed E-state index contributed by atoms with van der Waals surface area (Å²) in [6.07, 6.45) is 0.880. The quantitative estimate of drug-likeness (QED) is 0.375. The van der Waals surface area contributed by atoms with Crippen LogP contribution in [0.25, 0.3) is 5.69 Å². The molecule has 11 heteroatoms. The smallest absolute Gasteiger partial charge is 0.320 e. The van der Waals surface area contributed by atoms with Crippen molar-refractivity contribution in [3.05, 3.63) is 71.3 Å². The first-order valence-corrected chi connectivity index (χ1v) is 12.9. The van der Waals surface area contributed by atoms with Crippen molar-refractivity contribution < 1.29 is 28.2 Å². The highest BCUT2D eigenvalue weighted by Gasteiger charge is 2.29. The molecule has 1 aliphatic rings. The number of nitrogens with zero attached hydrogens (tertiary/aromatic N) is 3. The Bertz CT molecular complexity index is 1210. The summed E-state index contributed by atoms with van der Waals surface area (Å²) in [6, 6.07) is 13.3. The first-order valence-electron chi connectivity index (χ1n) is 12.9. The van der Waals surface area contributed by atoms with E-state index in [1.54, 1.807) is 24.9 Å². The molecular weight excluding hydrogens is 508 g/mol. The van der Waals surface area contributed by atoms with Crippen molar-refractivity contribution in [2.24, 2.45) is 0 Å². The van der Waals surface area contributed by atoms with Crippen LogP contribution in [0.2, 0.25) is 0 Å². The summed E-state index contributed by atoms with van der Waals surface area (Å²) in [5.41, 5.74) is 2.46. The van der Waals surface area contributed by atoms with E-state index in [1.165, 1.54) is 12.1 Å². The van der Waals surface area contributed by atoms with Crippen LogP contribution in [0.3, 0.4) is 0 Å². The SMILES string of the molecule is CCOc1nn(-c2ccccc2)c(NC(=O)NC)c1C.COCC(CO)N1CCC(c2ccc(F)c(F)c2)C1. The van der Waals surface area contributed by atoms with E-state index < -0.39 is 11.6 Å². The number of nitrogens with one attached hydrogen (secondary N) is 2. The molecule has 1 aromatic heterocycles. The number of methoxy groups -OCH3 is 1. The van der Waals surface area contributed by atoms with Gasteiger partial charge in [-0.05, 0) is 62.6 Å². The second kappa shape index (κ2) is 14.6. The summed E-state index contributed by atoms with van der Waals surface area (Å²) in [4.78, 5) is 13.7. The zero-order valence-electron chi connectivity index (χ0n) is 22.8. The number of hydrogen-bond acceptors (Lipinski definition) is 6.